The minimum absolute atomic E-state index is 0.155. The molecule has 2 aromatic carbocycles. The van der Waals surface area contributed by atoms with E-state index in [0.29, 0.717) is 22.3 Å². The molecule has 0 saturated heterocycles. The third-order valence-corrected chi connectivity index (χ3v) is 6.04. The lowest BCUT2D eigenvalue weighted by Crippen LogP contribution is -2.48. The molecule has 0 fully saturated rings. The van der Waals surface area contributed by atoms with Crippen LogP contribution in [0.3, 0.4) is 0 Å². The highest BCUT2D eigenvalue weighted by atomic mass is 32.2. The van der Waals surface area contributed by atoms with Gasteiger partial charge in [0.1, 0.15) is 18.1 Å². The molecule has 10 nitrogen and oxygen atoms in total. The van der Waals surface area contributed by atoms with Gasteiger partial charge in [0.05, 0.1) is 6.07 Å². The largest absolute Gasteiger partial charge is 0.341 e. The zero-order valence-electron chi connectivity index (χ0n) is 17.9. The van der Waals surface area contributed by atoms with Gasteiger partial charge in [0.15, 0.2) is 0 Å². The number of aromatic nitrogens is 2. The molecule has 0 radical (unpaired) electrons. The van der Waals surface area contributed by atoms with E-state index in [1.54, 1.807) is 18.2 Å². The van der Waals surface area contributed by atoms with Crippen molar-refractivity contribution in [1.29, 1.82) is 5.26 Å². The summed E-state index contributed by atoms with van der Waals surface area (Å²) in [5.74, 6) is 0.0638. The molecule has 0 aliphatic rings. The molecule has 0 saturated carbocycles. The van der Waals surface area contributed by atoms with Crippen molar-refractivity contribution in [2.75, 3.05) is 22.9 Å². The quantitative estimate of drug-likeness (QED) is 0.316. The van der Waals surface area contributed by atoms with Crippen molar-refractivity contribution < 1.29 is 14.4 Å². The van der Waals surface area contributed by atoms with E-state index in [1.165, 1.54) is 34.7 Å². The number of urea groups is 1. The molecule has 4 amide bonds. The molecule has 34 heavy (non-hydrogen) atoms. The van der Waals surface area contributed by atoms with E-state index >= 15 is 0 Å². The monoisotopic (exact) mass is 495 g/mol. The second-order valence-corrected chi connectivity index (χ2v) is 8.67. The number of rotatable bonds is 10. The first-order chi connectivity index (χ1) is 16.5. The molecule has 0 unspecified atom stereocenters. The van der Waals surface area contributed by atoms with Gasteiger partial charge in [-0.05, 0) is 23.8 Å². The highest BCUT2D eigenvalue weighted by Gasteiger charge is 2.21. The normalized spacial score (nSPS) is 11.0. The topological polar surface area (TPSA) is 149 Å². The van der Waals surface area contributed by atoms with Crippen molar-refractivity contribution in [1.82, 2.24) is 20.8 Å². The summed E-state index contributed by atoms with van der Waals surface area (Å²) in [7, 11) is 0. The fourth-order valence-corrected chi connectivity index (χ4v) is 4.22. The van der Waals surface area contributed by atoms with Crippen LogP contribution < -0.4 is 21.3 Å². The molecule has 174 valence electrons. The molecule has 0 bridgehead atoms. The number of nitriles is 1. The van der Waals surface area contributed by atoms with E-state index in [-0.39, 0.29) is 12.1 Å². The molecule has 0 aliphatic carbocycles. The van der Waals surface area contributed by atoms with Gasteiger partial charge in [-0.25, -0.2) is 4.79 Å². The predicted molar refractivity (Wildman–Crippen MR) is 131 cm³/mol. The molecule has 3 aromatic rings. The Bertz CT molecular complexity index is 1150. The van der Waals surface area contributed by atoms with Crippen LogP contribution in [0.4, 0.5) is 15.6 Å². The average Bonchev–Trinajstić information content (AvgIpc) is 3.35. The maximum atomic E-state index is 12.9. The van der Waals surface area contributed by atoms with Gasteiger partial charge in [0, 0.05) is 22.8 Å². The van der Waals surface area contributed by atoms with E-state index in [0.717, 1.165) is 5.56 Å². The molecule has 4 N–H and O–H groups in total. The number of amides is 4. The van der Waals surface area contributed by atoms with Crippen LogP contribution in [0.2, 0.25) is 0 Å². The first-order valence-electron chi connectivity index (χ1n) is 10.1. The number of benzene rings is 2. The van der Waals surface area contributed by atoms with E-state index in [2.05, 4.69) is 31.5 Å². The van der Waals surface area contributed by atoms with E-state index in [1.807, 2.05) is 36.4 Å². The summed E-state index contributed by atoms with van der Waals surface area (Å²) in [4.78, 5) is 37.5. The molecule has 1 aromatic heterocycles. The Balaban J connectivity index is 1.61. The van der Waals surface area contributed by atoms with E-state index in [9.17, 15) is 14.4 Å². The standard InChI is InChI=1S/C22H21N7O3S2/c23-9-10-24-20(31)18(13-33-12-15-5-2-1-3-6-15)27-19(30)16-7-4-8-17(11-16)26-21(32)28-22-29-25-14-34-22/h1-8,11,14,18H,10,12-13H2,(H,24,31)(H,27,30)(H2,26,28,29,32)/t18-/m0/s1. The number of nitrogens with zero attached hydrogens (tertiary/aromatic N) is 3. The number of hydrogen-bond donors (Lipinski definition) is 4. The van der Waals surface area contributed by atoms with Gasteiger partial charge >= 0.3 is 6.03 Å². The highest BCUT2D eigenvalue weighted by molar-refractivity contribution is 7.98. The van der Waals surface area contributed by atoms with Crippen molar-refractivity contribution in [3.8, 4) is 6.07 Å². The lowest BCUT2D eigenvalue weighted by Gasteiger charge is -2.18. The number of nitrogens with one attached hydrogen (secondary N) is 4. The minimum Gasteiger partial charge on any atom is -0.341 e. The Kier molecular flexibility index (Phi) is 9.39. The van der Waals surface area contributed by atoms with Gasteiger partial charge in [-0.2, -0.15) is 17.0 Å². The van der Waals surface area contributed by atoms with Crippen LogP contribution in [0, 0.1) is 11.3 Å². The van der Waals surface area contributed by atoms with E-state index in [4.69, 9.17) is 5.26 Å². The van der Waals surface area contributed by atoms with Gasteiger partial charge in [0.25, 0.3) is 5.91 Å². The lowest BCUT2D eigenvalue weighted by molar-refractivity contribution is -0.122. The zero-order valence-corrected chi connectivity index (χ0v) is 19.5. The second kappa shape index (κ2) is 12.9. The minimum atomic E-state index is -0.841. The SMILES string of the molecule is N#CCNC(=O)[C@H](CSCc1ccccc1)NC(=O)c1cccc(NC(=O)Nc2nncs2)c1. The summed E-state index contributed by atoms with van der Waals surface area (Å²) in [5, 5.41) is 26.8. The Labute approximate surface area is 204 Å². The lowest BCUT2D eigenvalue weighted by atomic mass is 10.1. The van der Waals surface area contributed by atoms with Crippen LogP contribution >= 0.6 is 23.1 Å². The van der Waals surface area contributed by atoms with Crippen LogP contribution in [0.5, 0.6) is 0 Å². The Morgan fingerprint density at radius 2 is 1.91 bits per heavy atom. The molecular weight excluding hydrogens is 474 g/mol. The Morgan fingerprint density at radius 1 is 1.09 bits per heavy atom. The molecule has 0 spiro atoms. The first kappa shape index (κ1) is 24.7. The van der Waals surface area contributed by atoms with Crippen LogP contribution in [-0.2, 0) is 10.5 Å². The zero-order chi connectivity index (χ0) is 24.2. The smallest absolute Gasteiger partial charge is 0.325 e. The van der Waals surface area contributed by atoms with Gasteiger partial charge < -0.3 is 16.0 Å². The summed E-state index contributed by atoms with van der Waals surface area (Å²) >= 11 is 2.66. The van der Waals surface area contributed by atoms with Gasteiger partial charge in [0.2, 0.25) is 11.0 Å². The van der Waals surface area contributed by atoms with Crippen LogP contribution in [-0.4, -0.2) is 46.4 Å². The summed E-state index contributed by atoms with van der Waals surface area (Å²) in [6, 6.07) is 16.6. The molecule has 0 aliphatic heterocycles. The molecular formula is C22H21N7O3S2. The Morgan fingerprint density at radius 3 is 2.65 bits per heavy atom. The van der Waals surface area contributed by atoms with Gasteiger partial charge in [-0.1, -0.05) is 47.7 Å². The number of thioether (sulfide) groups is 1. The van der Waals surface area contributed by atoms with Crippen LogP contribution in [0.1, 0.15) is 15.9 Å². The molecule has 12 heteroatoms. The third kappa shape index (κ3) is 7.88. The summed E-state index contributed by atoms with van der Waals surface area (Å²) in [5.41, 5.74) is 3.24. The number of carbonyl (C=O) groups is 3. The predicted octanol–water partition coefficient (Wildman–Crippen LogP) is 2.85. The summed E-state index contributed by atoms with van der Waals surface area (Å²) in [6.45, 7) is -0.155. The van der Waals surface area contributed by atoms with Crippen LogP contribution in [0.25, 0.3) is 0 Å². The second-order valence-electron chi connectivity index (χ2n) is 6.81. The number of carbonyl (C=O) groups excluding carboxylic acids is 3. The number of anilines is 2. The molecule has 1 atom stereocenters. The number of hydrogen-bond acceptors (Lipinski definition) is 8. The van der Waals surface area contributed by atoms with E-state index < -0.39 is 23.9 Å². The van der Waals surface area contributed by atoms with Crippen molar-refractivity contribution in [3.63, 3.8) is 0 Å². The van der Waals surface area contributed by atoms with Crippen LogP contribution in [0.15, 0.2) is 60.1 Å². The fraction of sp³-hybridized carbons (Fsp3) is 0.182. The average molecular weight is 496 g/mol. The van der Waals surface area contributed by atoms with Gasteiger partial charge in [-0.3, -0.25) is 14.9 Å². The maximum Gasteiger partial charge on any atom is 0.325 e. The third-order valence-electron chi connectivity index (χ3n) is 4.32. The van der Waals surface area contributed by atoms with Gasteiger partial charge in [-0.15, -0.1) is 10.2 Å². The van der Waals surface area contributed by atoms with Crippen molar-refractivity contribution >= 4 is 51.8 Å². The fourth-order valence-electron chi connectivity index (χ4n) is 2.77. The molecule has 3 rings (SSSR count). The first-order valence-corrected chi connectivity index (χ1v) is 12.1. The Hall–Kier alpha value is -3.95. The van der Waals surface area contributed by atoms with Crippen molar-refractivity contribution in [2.45, 2.75) is 11.8 Å². The summed E-state index contributed by atoms with van der Waals surface area (Å²) < 4.78 is 0. The molecule has 1 heterocycles. The highest BCUT2D eigenvalue weighted by Crippen LogP contribution is 2.15. The maximum absolute atomic E-state index is 12.9. The summed E-state index contributed by atoms with van der Waals surface area (Å²) in [6.07, 6.45) is 0. The van der Waals surface area contributed by atoms with Crippen molar-refractivity contribution in [2.24, 2.45) is 0 Å². The van der Waals surface area contributed by atoms with Crippen molar-refractivity contribution in [3.05, 3.63) is 71.2 Å².